The van der Waals surface area contributed by atoms with Crippen molar-refractivity contribution in [3.8, 4) is 0 Å². The van der Waals surface area contributed by atoms with Crippen LogP contribution in [0.5, 0.6) is 0 Å². The van der Waals surface area contributed by atoms with Crippen LogP contribution < -0.4 is 5.32 Å². The molecule has 1 aliphatic rings. The van der Waals surface area contributed by atoms with Crippen molar-refractivity contribution in [2.45, 2.75) is 6.42 Å². The van der Waals surface area contributed by atoms with E-state index in [4.69, 9.17) is 5.11 Å². The zero-order valence-electron chi connectivity index (χ0n) is 9.20. The van der Waals surface area contributed by atoms with Crippen molar-refractivity contribution in [2.75, 3.05) is 5.32 Å². The van der Waals surface area contributed by atoms with E-state index in [0.29, 0.717) is 12.1 Å². The van der Waals surface area contributed by atoms with Crippen LogP contribution in [0.15, 0.2) is 24.3 Å². The predicted octanol–water partition coefficient (Wildman–Crippen LogP) is 1.25. The molecule has 0 radical (unpaired) electrons. The molecule has 18 heavy (non-hydrogen) atoms. The van der Waals surface area contributed by atoms with Crippen molar-refractivity contribution < 1.29 is 19.6 Å². The highest BCUT2D eigenvalue weighted by molar-refractivity contribution is 5.98. The number of nitro groups is 1. The molecule has 2 rings (SSSR count). The van der Waals surface area contributed by atoms with Crippen molar-refractivity contribution in [1.82, 2.24) is 0 Å². The van der Waals surface area contributed by atoms with E-state index in [1.165, 1.54) is 24.3 Å². The van der Waals surface area contributed by atoms with Crippen molar-refractivity contribution in [1.29, 1.82) is 0 Å². The number of nitrogens with one attached hydrogen (secondary N) is 1. The lowest BCUT2D eigenvalue weighted by atomic mass is 10.2. The number of anilines is 1. The van der Waals surface area contributed by atoms with Gasteiger partial charge >= 0.3 is 5.97 Å². The lowest BCUT2D eigenvalue weighted by molar-refractivity contribution is -0.384. The maximum absolute atomic E-state index is 11.6. The minimum atomic E-state index is -0.973. The Morgan fingerprint density at radius 1 is 1.28 bits per heavy atom. The van der Waals surface area contributed by atoms with Crippen LogP contribution in [0, 0.1) is 22.0 Å². The van der Waals surface area contributed by atoms with E-state index >= 15 is 0 Å². The van der Waals surface area contributed by atoms with Crippen molar-refractivity contribution in [2.24, 2.45) is 11.8 Å². The standard InChI is InChI=1S/C11H10N2O5/c14-10(8-5-9(8)11(15)16)12-6-1-3-7(4-2-6)13(17)18/h1-4,8-9H,5H2,(H,12,14)(H,15,16)/t8-,9+/m1/s1. The number of carboxylic acid groups (broad SMARTS) is 1. The first-order valence-corrected chi connectivity index (χ1v) is 5.27. The maximum atomic E-state index is 11.6. The molecule has 0 saturated heterocycles. The first-order chi connectivity index (χ1) is 8.49. The number of hydrogen-bond acceptors (Lipinski definition) is 4. The first-order valence-electron chi connectivity index (χ1n) is 5.27. The molecule has 0 spiro atoms. The van der Waals surface area contributed by atoms with Gasteiger partial charge in [0.15, 0.2) is 0 Å². The molecule has 0 bridgehead atoms. The van der Waals surface area contributed by atoms with Gasteiger partial charge in [0.2, 0.25) is 5.91 Å². The highest BCUT2D eigenvalue weighted by atomic mass is 16.6. The minimum absolute atomic E-state index is 0.0668. The quantitative estimate of drug-likeness (QED) is 0.617. The third-order valence-corrected chi connectivity index (χ3v) is 2.79. The van der Waals surface area contributed by atoms with Gasteiger partial charge in [-0.15, -0.1) is 0 Å². The topological polar surface area (TPSA) is 110 Å². The second-order valence-corrected chi connectivity index (χ2v) is 4.08. The summed E-state index contributed by atoms with van der Waals surface area (Å²) in [5.41, 5.74) is 0.351. The van der Waals surface area contributed by atoms with E-state index in [9.17, 15) is 19.7 Å². The molecule has 7 heteroatoms. The van der Waals surface area contributed by atoms with Gasteiger partial charge < -0.3 is 10.4 Å². The smallest absolute Gasteiger partial charge is 0.307 e. The van der Waals surface area contributed by atoms with Gasteiger partial charge in [0.25, 0.3) is 5.69 Å². The Morgan fingerprint density at radius 2 is 1.89 bits per heavy atom. The summed E-state index contributed by atoms with van der Waals surface area (Å²) in [7, 11) is 0. The number of carbonyl (C=O) groups is 2. The third kappa shape index (κ3) is 2.45. The molecule has 2 atom stereocenters. The molecule has 0 aromatic heterocycles. The summed E-state index contributed by atoms with van der Waals surface area (Å²) in [4.78, 5) is 32.1. The Kier molecular flexibility index (Phi) is 2.97. The summed E-state index contributed by atoms with van der Waals surface area (Å²) in [5.74, 6) is -2.45. The second kappa shape index (κ2) is 4.44. The highest BCUT2D eigenvalue weighted by Gasteiger charge is 2.48. The molecule has 2 N–H and O–H groups in total. The second-order valence-electron chi connectivity index (χ2n) is 4.08. The van der Waals surface area contributed by atoms with Crippen LogP contribution in [0.3, 0.4) is 0 Å². The van der Waals surface area contributed by atoms with Crippen LogP contribution in [-0.2, 0) is 9.59 Å². The molecular weight excluding hydrogens is 240 g/mol. The number of carboxylic acids is 1. The molecule has 1 amide bonds. The first kappa shape index (κ1) is 12.0. The molecular formula is C11H10N2O5. The molecule has 1 aromatic rings. The number of amides is 1. The molecule has 0 heterocycles. The number of non-ortho nitro benzene ring substituents is 1. The highest BCUT2D eigenvalue weighted by Crippen LogP contribution is 2.39. The fraction of sp³-hybridized carbons (Fsp3) is 0.273. The fourth-order valence-corrected chi connectivity index (χ4v) is 1.66. The van der Waals surface area contributed by atoms with Gasteiger partial charge in [-0.3, -0.25) is 19.7 Å². The average molecular weight is 250 g/mol. The predicted molar refractivity (Wildman–Crippen MR) is 61.0 cm³/mol. The van der Waals surface area contributed by atoms with Crippen molar-refractivity contribution in [3.63, 3.8) is 0 Å². The SMILES string of the molecule is O=C(O)[C@H]1C[C@H]1C(=O)Nc1ccc([N+](=O)[O-])cc1. The van der Waals surface area contributed by atoms with E-state index in [1.54, 1.807) is 0 Å². The summed E-state index contributed by atoms with van der Waals surface area (Å²) in [6.45, 7) is 0. The van der Waals surface area contributed by atoms with Crippen LogP contribution >= 0.6 is 0 Å². The Labute approximate surface area is 102 Å². The molecule has 94 valence electrons. The lowest BCUT2D eigenvalue weighted by Gasteiger charge is -2.03. The molecule has 1 aromatic carbocycles. The number of benzene rings is 1. The molecule has 0 aliphatic heterocycles. The van der Waals surface area contributed by atoms with E-state index in [0.717, 1.165) is 0 Å². The summed E-state index contributed by atoms with van der Waals surface area (Å²) in [5, 5.41) is 21.6. The molecule has 1 aliphatic carbocycles. The van der Waals surface area contributed by atoms with E-state index in [-0.39, 0.29) is 11.6 Å². The van der Waals surface area contributed by atoms with Gasteiger partial charge in [-0.1, -0.05) is 0 Å². The van der Waals surface area contributed by atoms with E-state index in [1.807, 2.05) is 0 Å². The van der Waals surface area contributed by atoms with Gasteiger partial charge in [0, 0.05) is 17.8 Å². The van der Waals surface area contributed by atoms with Gasteiger partial charge in [0.1, 0.15) is 0 Å². The van der Waals surface area contributed by atoms with Gasteiger partial charge in [0.05, 0.1) is 16.8 Å². The zero-order valence-corrected chi connectivity index (χ0v) is 9.20. The molecule has 0 unspecified atom stereocenters. The zero-order chi connectivity index (χ0) is 13.3. The number of rotatable bonds is 4. The lowest BCUT2D eigenvalue weighted by Crippen LogP contribution is -2.16. The summed E-state index contributed by atoms with van der Waals surface area (Å²) in [6, 6.07) is 5.37. The third-order valence-electron chi connectivity index (χ3n) is 2.79. The average Bonchev–Trinajstić information content (AvgIpc) is 3.09. The van der Waals surface area contributed by atoms with Crippen LogP contribution in [0.25, 0.3) is 0 Å². The van der Waals surface area contributed by atoms with Crippen molar-refractivity contribution in [3.05, 3.63) is 34.4 Å². The number of nitro benzene ring substituents is 1. The minimum Gasteiger partial charge on any atom is -0.481 e. The normalized spacial score (nSPS) is 21.1. The maximum Gasteiger partial charge on any atom is 0.307 e. The number of nitrogens with zero attached hydrogens (tertiary/aromatic N) is 1. The van der Waals surface area contributed by atoms with Crippen LogP contribution in [-0.4, -0.2) is 21.9 Å². The molecule has 1 saturated carbocycles. The molecule has 7 nitrogen and oxygen atoms in total. The van der Waals surface area contributed by atoms with E-state index < -0.39 is 22.7 Å². The van der Waals surface area contributed by atoms with Gasteiger partial charge in [-0.05, 0) is 18.6 Å². The number of hydrogen-bond donors (Lipinski definition) is 2. The summed E-state index contributed by atoms with van der Waals surface area (Å²) >= 11 is 0. The van der Waals surface area contributed by atoms with Crippen LogP contribution in [0.1, 0.15) is 6.42 Å². The number of aliphatic carboxylic acids is 1. The molecule has 1 fully saturated rings. The Balaban J connectivity index is 1.96. The fourth-order valence-electron chi connectivity index (χ4n) is 1.66. The van der Waals surface area contributed by atoms with Crippen molar-refractivity contribution >= 4 is 23.3 Å². The van der Waals surface area contributed by atoms with Gasteiger partial charge in [-0.2, -0.15) is 0 Å². The van der Waals surface area contributed by atoms with Gasteiger partial charge in [-0.25, -0.2) is 0 Å². The summed E-state index contributed by atoms with van der Waals surface area (Å²) in [6.07, 6.45) is 0.341. The van der Waals surface area contributed by atoms with Crippen LogP contribution in [0.2, 0.25) is 0 Å². The van der Waals surface area contributed by atoms with E-state index in [2.05, 4.69) is 5.32 Å². The Morgan fingerprint density at radius 3 is 2.33 bits per heavy atom. The Hall–Kier alpha value is -2.44. The number of carbonyl (C=O) groups excluding carboxylic acids is 1. The largest absolute Gasteiger partial charge is 0.481 e. The monoisotopic (exact) mass is 250 g/mol. The summed E-state index contributed by atoms with van der Waals surface area (Å²) < 4.78 is 0. The Bertz CT molecular complexity index is 511. The van der Waals surface area contributed by atoms with Crippen LogP contribution in [0.4, 0.5) is 11.4 Å².